The molecular weight excluding hydrogens is 224 g/mol. The molecule has 0 aromatic carbocycles. The summed E-state index contributed by atoms with van der Waals surface area (Å²) in [6, 6.07) is 0.470. The van der Waals surface area contributed by atoms with Gasteiger partial charge in [-0.3, -0.25) is 4.79 Å². The summed E-state index contributed by atoms with van der Waals surface area (Å²) < 4.78 is 4.76. The van der Waals surface area contributed by atoms with Crippen LogP contribution in [0, 0.1) is 12.3 Å². The van der Waals surface area contributed by atoms with Gasteiger partial charge >= 0.3 is 5.97 Å². The number of carbonyl (C=O) groups is 2. The molecule has 1 aromatic heterocycles. The van der Waals surface area contributed by atoms with Crippen molar-refractivity contribution in [1.82, 2.24) is 10.5 Å². The Bertz CT molecular complexity index is 431. The maximum atomic E-state index is 11.7. The number of carboxylic acid groups (broad SMARTS) is 1. The molecule has 6 nitrogen and oxygen atoms in total. The summed E-state index contributed by atoms with van der Waals surface area (Å²) in [5.74, 6) is -1.65. The van der Waals surface area contributed by atoms with Crippen molar-refractivity contribution in [1.29, 1.82) is 0 Å². The summed E-state index contributed by atoms with van der Waals surface area (Å²) in [7, 11) is 0. The number of nitrogens with one attached hydrogen (secondary N) is 1. The first-order chi connectivity index (χ1) is 7.71. The van der Waals surface area contributed by atoms with Crippen LogP contribution in [0.15, 0.2) is 10.6 Å². The lowest BCUT2D eigenvalue weighted by Crippen LogP contribution is -2.49. The predicted octanol–water partition coefficient (Wildman–Crippen LogP) is 1.21. The number of hydrogen-bond acceptors (Lipinski definition) is 4. The second kappa shape index (κ2) is 4.57. The Kier molecular flexibility index (Phi) is 3.55. The molecule has 1 amide bonds. The van der Waals surface area contributed by atoms with Gasteiger partial charge in [0.1, 0.15) is 6.04 Å². The Morgan fingerprint density at radius 1 is 1.47 bits per heavy atom. The molecule has 1 heterocycles. The lowest BCUT2D eigenvalue weighted by atomic mass is 9.87. The number of aromatic nitrogens is 1. The average molecular weight is 240 g/mol. The highest BCUT2D eigenvalue weighted by Gasteiger charge is 2.33. The number of aliphatic carboxylic acids is 1. The van der Waals surface area contributed by atoms with Gasteiger partial charge in [-0.1, -0.05) is 25.9 Å². The highest BCUT2D eigenvalue weighted by Crippen LogP contribution is 2.20. The molecule has 0 aliphatic carbocycles. The molecule has 0 saturated heterocycles. The highest BCUT2D eigenvalue weighted by molar-refractivity contribution is 5.94. The van der Waals surface area contributed by atoms with Gasteiger partial charge in [0.15, 0.2) is 0 Å². The molecular formula is C11H16N2O4. The molecule has 1 aromatic rings. The SMILES string of the molecule is Cc1cc(C(=O)N[C@@H](C(=O)O)C(C)(C)C)on1. The number of amides is 1. The lowest BCUT2D eigenvalue weighted by Gasteiger charge is -2.27. The predicted molar refractivity (Wildman–Crippen MR) is 59.6 cm³/mol. The maximum Gasteiger partial charge on any atom is 0.326 e. The molecule has 0 unspecified atom stereocenters. The van der Waals surface area contributed by atoms with Crippen LogP contribution < -0.4 is 5.32 Å². The van der Waals surface area contributed by atoms with E-state index in [0.29, 0.717) is 5.69 Å². The molecule has 6 heteroatoms. The van der Waals surface area contributed by atoms with Gasteiger partial charge in [-0.15, -0.1) is 0 Å². The second-order valence-corrected chi connectivity index (χ2v) is 4.94. The van der Waals surface area contributed by atoms with Crippen molar-refractivity contribution in [3.8, 4) is 0 Å². The van der Waals surface area contributed by atoms with E-state index in [1.807, 2.05) is 0 Å². The third-order valence-electron chi connectivity index (χ3n) is 2.24. The summed E-state index contributed by atoms with van der Waals surface area (Å²) in [6.45, 7) is 6.88. The lowest BCUT2D eigenvalue weighted by molar-refractivity contribution is -0.142. The summed E-state index contributed by atoms with van der Waals surface area (Å²) in [5.41, 5.74) is -0.0194. The van der Waals surface area contributed by atoms with Crippen LogP contribution in [0.5, 0.6) is 0 Å². The van der Waals surface area contributed by atoms with Crippen molar-refractivity contribution in [3.63, 3.8) is 0 Å². The van der Waals surface area contributed by atoms with Gasteiger partial charge in [0.05, 0.1) is 5.69 Å². The standard InChI is InChI=1S/C11H16N2O4/c1-6-5-7(17-13-6)9(14)12-8(10(15)16)11(2,3)4/h5,8H,1-4H3,(H,12,14)(H,15,16)/t8-/m0/s1. The zero-order valence-corrected chi connectivity index (χ0v) is 10.3. The Hall–Kier alpha value is -1.85. The van der Waals surface area contributed by atoms with E-state index in [-0.39, 0.29) is 5.76 Å². The van der Waals surface area contributed by atoms with E-state index in [4.69, 9.17) is 9.63 Å². The number of hydrogen-bond donors (Lipinski definition) is 2. The first-order valence-electron chi connectivity index (χ1n) is 5.19. The Morgan fingerprint density at radius 2 is 2.06 bits per heavy atom. The van der Waals surface area contributed by atoms with Crippen LogP contribution in [-0.2, 0) is 4.79 Å². The van der Waals surface area contributed by atoms with Crippen molar-refractivity contribution >= 4 is 11.9 Å². The van der Waals surface area contributed by atoms with Crippen LogP contribution in [0.2, 0.25) is 0 Å². The zero-order valence-electron chi connectivity index (χ0n) is 10.3. The first kappa shape index (κ1) is 13.2. The van der Waals surface area contributed by atoms with E-state index in [1.54, 1.807) is 27.7 Å². The molecule has 17 heavy (non-hydrogen) atoms. The minimum atomic E-state index is -1.08. The molecule has 0 radical (unpaired) electrons. The van der Waals surface area contributed by atoms with Crippen LogP contribution in [0.3, 0.4) is 0 Å². The van der Waals surface area contributed by atoms with Crippen molar-refractivity contribution in [2.75, 3.05) is 0 Å². The van der Waals surface area contributed by atoms with Gasteiger partial charge in [-0.2, -0.15) is 0 Å². The molecule has 0 aliphatic heterocycles. The van der Waals surface area contributed by atoms with E-state index in [0.717, 1.165) is 0 Å². The molecule has 0 aliphatic rings. The molecule has 94 valence electrons. The Balaban J connectivity index is 2.82. The number of nitrogens with zero attached hydrogens (tertiary/aromatic N) is 1. The fourth-order valence-electron chi connectivity index (χ4n) is 1.32. The Morgan fingerprint density at radius 3 is 2.41 bits per heavy atom. The normalized spacial score (nSPS) is 13.2. The van der Waals surface area contributed by atoms with E-state index < -0.39 is 23.3 Å². The van der Waals surface area contributed by atoms with Crippen LogP contribution in [0.1, 0.15) is 37.0 Å². The molecule has 2 N–H and O–H groups in total. The van der Waals surface area contributed by atoms with Gasteiger partial charge in [0.25, 0.3) is 5.91 Å². The first-order valence-corrected chi connectivity index (χ1v) is 5.19. The number of carbonyl (C=O) groups excluding carboxylic acids is 1. The molecule has 1 atom stereocenters. The van der Waals surface area contributed by atoms with Crippen molar-refractivity contribution in [3.05, 3.63) is 17.5 Å². The quantitative estimate of drug-likeness (QED) is 0.828. The molecule has 1 rings (SSSR count). The second-order valence-electron chi connectivity index (χ2n) is 4.94. The topological polar surface area (TPSA) is 92.4 Å². The summed E-state index contributed by atoms with van der Waals surface area (Å²) in [6.07, 6.45) is 0. The maximum absolute atomic E-state index is 11.7. The van der Waals surface area contributed by atoms with Gasteiger partial charge < -0.3 is 14.9 Å². The van der Waals surface area contributed by atoms with E-state index in [1.165, 1.54) is 6.07 Å². The van der Waals surface area contributed by atoms with Crippen LogP contribution in [0.25, 0.3) is 0 Å². The minimum Gasteiger partial charge on any atom is -0.480 e. The van der Waals surface area contributed by atoms with Gasteiger partial charge in [-0.05, 0) is 12.3 Å². The van der Waals surface area contributed by atoms with Crippen LogP contribution >= 0.6 is 0 Å². The molecule has 0 spiro atoms. The van der Waals surface area contributed by atoms with E-state index in [9.17, 15) is 9.59 Å². The zero-order chi connectivity index (χ0) is 13.2. The third-order valence-corrected chi connectivity index (χ3v) is 2.24. The summed E-state index contributed by atoms with van der Waals surface area (Å²) >= 11 is 0. The van der Waals surface area contributed by atoms with Gasteiger partial charge in [0.2, 0.25) is 5.76 Å². The van der Waals surface area contributed by atoms with Gasteiger partial charge in [0, 0.05) is 6.07 Å². The van der Waals surface area contributed by atoms with Crippen LogP contribution in [0.4, 0.5) is 0 Å². The fourth-order valence-corrected chi connectivity index (χ4v) is 1.32. The van der Waals surface area contributed by atoms with Crippen LogP contribution in [-0.4, -0.2) is 28.2 Å². The number of rotatable bonds is 3. The highest BCUT2D eigenvalue weighted by atomic mass is 16.5. The number of carboxylic acids is 1. The van der Waals surface area contributed by atoms with E-state index in [2.05, 4.69) is 10.5 Å². The summed E-state index contributed by atoms with van der Waals surface area (Å²) in [5, 5.41) is 15.0. The molecule has 0 fully saturated rings. The van der Waals surface area contributed by atoms with E-state index >= 15 is 0 Å². The Labute approximate surface area is 99.0 Å². The molecule has 0 saturated carbocycles. The third kappa shape index (κ3) is 3.30. The smallest absolute Gasteiger partial charge is 0.326 e. The van der Waals surface area contributed by atoms with Gasteiger partial charge in [-0.25, -0.2) is 4.79 Å². The average Bonchev–Trinajstić information content (AvgIpc) is 2.58. The van der Waals surface area contributed by atoms with Crippen molar-refractivity contribution in [2.45, 2.75) is 33.7 Å². The monoisotopic (exact) mass is 240 g/mol. The fraction of sp³-hybridized carbons (Fsp3) is 0.545. The summed E-state index contributed by atoms with van der Waals surface area (Å²) in [4.78, 5) is 22.8. The van der Waals surface area contributed by atoms with Crippen molar-refractivity contribution < 1.29 is 19.2 Å². The molecule has 0 bridgehead atoms. The minimum absolute atomic E-state index is 0.0120. The number of aryl methyl sites for hydroxylation is 1. The largest absolute Gasteiger partial charge is 0.480 e. The van der Waals surface area contributed by atoms with Crippen molar-refractivity contribution in [2.24, 2.45) is 5.41 Å².